The van der Waals surface area contributed by atoms with E-state index in [4.69, 9.17) is 4.74 Å². The van der Waals surface area contributed by atoms with E-state index in [0.29, 0.717) is 24.7 Å². The Kier molecular flexibility index (Phi) is 10.8. The van der Waals surface area contributed by atoms with Gasteiger partial charge in [-0.2, -0.15) is 0 Å². The number of nitrogens with zero attached hydrogens (tertiary/aromatic N) is 1. The van der Waals surface area contributed by atoms with Crippen LogP contribution in [0.25, 0.3) is 0 Å². The van der Waals surface area contributed by atoms with Crippen molar-refractivity contribution in [2.24, 2.45) is 0 Å². The van der Waals surface area contributed by atoms with Crippen molar-refractivity contribution in [3.63, 3.8) is 0 Å². The molecule has 0 aliphatic heterocycles. The van der Waals surface area contributed by atoms with Crippen LogP contribution in [-0.4, -0.2) is 54.8 Å². The number of rotatable bonds is 12. The molecule has 8 nitrogen and oxygen atoms in total. The number of hydrogen-bond donors (Lipinski definition) is 2. The van der Waals surface area contributed by atoms with E-state index < -0.39 is 36.0 Å². The number of aryl methyl sites for hydroxylation is 1. The Morgan fingerprint density at radius 3 is 2.49 bits per heavy atom. The lowest BCUT2D eigenvalue weighted by molar-refractivity contribution is -0.152. The minimum atomic E-state index is -0.982. The van der Waals surface area contributed by atoms with Gasteiger partial charge in [-0.1, -0.05) is 25.1 Å². The Morgan fingerprint density at radius 1 is 1.06 bits per heavy atom. The molecular weight excluding hydrogens is 460 g/mol. The lowest BCUT2D eigenvalue weighted by atomic mass is 10.2. The van der Waals surface area contributed by atoms with Gasteiger partial charge in [0.15, 0.2) is 6.61 Å². The summed E-state index contributed by atoms with van der Waals surface area (Å²) >= 11 is 0. The Morgan fingerprint density at radius 2 is 1.80 bits per heavy atom. The van der Waals surface area contributed by atoms with Gasteiger partial charge in [0.1, 0.15) is 11.6 Å². The highest BCUT2D eigenvalue weighted by Crippen LogP contribution is 2.13. The van der Waals surface area contributed by atoms with Crippen LogP contribution in [0, 0.1) is 18.6 Å². The molecule has 0 spiro atoms. The molecule has 188 valence electrons. The molecule has 0 aliphatic carbocycles. The van der Waals surface area contributed by atoms with Gasteiger partial charge in [-0.15, -0.1) is 0 Å². The fourth-order valence-electron chi connectivity index (χ4n) is 3.15. The molecule has 0 heterocycles. The normalized spacial score (nSPS) is 10.4. The summed E-state index contributed by atoms with van der Waals surface area (Å²) in [4.78, 5) is 50.0. The number of amides is 3. The summed E-state index contributed by atoms with van der Waals surface area (Å²) in [5.41, 5.74) is 1.24. The van der Waals surface area contributed by atoms with Crippen LogP contribution in [0.5, 0.6) is 0 Å². The first-order valence-electron chi connectivity index (χ1n) is 11.2. The van der Waals surface area contributed by atoms with E-state index in [1.54, 1.807) is 12.1 Å². The predicted molar refractivity (Wildman–Crippen MR) is 126 cm³/mol. The van der Waals surface area contributed by atoms with Gasteiger partial charge in [0.05, 0.1) is 12.1 Å². The summed E-state index contributed by atoms with van der Waals surface area (Å²) in [6.07, 6.45) is 0.728. The summed E-state index contributed by atoms with van der Waals surface area (Å²) in [5.74, 6) is -4.02. The zero-order chi connectivity index (χ0) is 25.8. The predicted octanol–water partition coefficient (Wildman–Crippen LogP) is 3.20. The maximum absolute atomic E-state index is 13.6. The number of benzene rings is 2. The molecule has 2 rings (SSSR count). The molecule has 0 unspecified atom stereocenters. The molecule has 0 fully saturated rings. The minimum Gasteiger partial charge on any atom is -0.456 e. The Hall–Kier alpha value is -3.82. The van der Waals surface area contributed by atoms with Gasteiger partial charge in [-0.25, -0.2) is 8.78 Å². The summed E-state index contributed by atoms with van der Waals surface area (Å²) in [7, 11) is 0. The average Bonchev–Trinajstić information content (AvgIpc) is 2.81. The Labute approximate surface area is 202 Å². The van der Waals surface area contributed by atoms with E-state index in [-0.39, 0.29) is 37.4 Å². The maximum Gasteiger partial charge on any atom is 0.306 e. The fourth-order valence-corrected chi connectivity index (χ4v) is 3.15. The maximum atomic E-state index is 13.6. The monoisotopic (exact) mass is 489 g/mol. The summed E-state index contributed by atoms with van der Waals surface area (Å²) in [6.45, 7) is 3.41. The van der Waals surface area contributed by atoms with Crippen molar-refractivity contribution in [1.29, 1.82) is 0 Å². The number of carbonyl (C=O) groups excluding carboxylic acids is 4. The van der Waals surface area contributed by atoms with Crippen LogP contribution in [0.1, 0.15) is 42.1 Å². The Bertz CT molecular complexity index is 1060. The van der Waals surface area contributed by atoms with Gasteiger partial charge in [0.2, 0.25) is 5.91 Å². The number of para-hydroxylation sites is 1. The number of halogens is 2. The number of carbonyl (C=O) groups is 4. The average molecular weight is 490 g/mol. The van der Waals surface area contributed by atoms with E-state index in [1.807, 2.05) is 26.0 Å². The van der Waals surface area contributed by atoms with Crippen molar-refractivity contribution in [3.8, 4) is 0 Å². The third-order valence-electron chi connectivity index (χ3n) is 4.98. The second-order valence-corrected chi connectivity index (χ2v) is 7.82. The van der Waals surface area contributed by atoms with Crippen LogP contribution in [-0.2, 0) is 19.1 Å². The van der Waals surface area contributed by atoms with E-state index in [2.05, 4.69) is 10.6 Å². The first kappa shape index (κ1) is 27.4. The fraction of sp³-hybridized carbons (Fsp3) is 0.360. The van der Waals surface area contributed by atoms with Gasteiger partial charge in [0, 0.05) is 31.3 Å². The SMILES string of the molecule is CCCN(CC(=O)Nc1ccccc1C)C(=O)COC(=O)CCCNC(=O)c1ccc(F)cc1F. The zero-order valence-electron chi connectivity index (χ0n) is 19.7. The molecule has 35 heavy (non-hydrogen) atoms. The van der Waals surface area contributed by atoms with Crippen molar-refractivity contribution in [2.75, 3.05) is 31.6 Å². The van der Waals surface area contributed by atoms with E-state index in [1.165, 1.54) is 4.90 Å². The summed E-state index contributed by atoms with van der Waals surface area (Å²) in [5, 5.41) is 5.19. The highest BCUT2D eigenvalue weighted by atomic mass is 19.1. The standard InChI is InChI=1S/C25H29F2N3O5/c1-3-13-30(15-22(31)29-21-8-5-4-7-17(21)2)23(32)16-35-24(33)9-6-12-28-25(34)19-11-10-18(26)14-20(19)27/h4-5,7-8,10-11,14H,3,6,9,12-13,15-16H2,1-2H3,(H,28,34)(H,29,31). The molecule has 2 N–H and O–H groups in total. The molecule has 10 heteroatoms. The first-order valence-corrected chi connectivity index (χ1v) is 11.2. The Balaban J connectivity index is 1.73. The lowest BCUT2D eigenvalue weighted by Crippen LogP contribution is -2.40. The molecule has 0 radical (unpaired) electrons. The van der Waals surface area contributed by atoms with Crippen molar-refractivity contribution in [1.82, 2.24) is 10.2 Å². The lowest BCUT2D eigenvalue weighted by Gasteiger charge is -2.21. The van der Waals surface area contributed by atoms with Crippen LogP contribution >= 0.6 is 0 Å². The molecule has 0 aromatic heterocycles. The van der Waals surface area contributed by atoms with Crippen LogP contribution in [0.4, 0.5) is 14.5 Å². The molecule has 2 aromatic rings. The van der Waals surface area contributed by atoms with Crippen molar-refractivity contribution >= 4 is 29.4 Å². The molecule has 2 aromatic carbocycles. The molecule has 0 atom stereocenters. The molecular formula is C25H29F2N3O5. The number of ether oxygens (including phenoxy) is 1. The number of hydrogen-bond acceptors (Lipinski definition) is 5. The second-order valence-electron chi connectivity index (χ2n) is 7.82. The van der Waals surface area contributed by atoms with Gasteiger partial charge in [-0.3, -0.25) is 19.2 Å². The van der Waals surface area contributed by atoms with Crippen molar-refractivity contribution in [2.45, 2.75) is 33.1 Å². The van der Waals surface area contributed by atoms with Crippen molar-refractivity contribution in [3.05, 3.63) is 65.2 Å². The number of anilines is 1. The molecule has 0 aliphatic rings. The highest BCUT2D eigenvalue weighted by Gasteiger charge is 2.19. The van der Waals surface area contributed by atoms with E-state index >= 15 is 0 Å². The van der Waals surface area contributed by atoms with E-state index in [0.717, 1.165) is 17.7 Å². The second kappa shape index (κ2) is 13.8. The first-order chi connectivity index (χ1) is 16.7. The van der Waals surface area contributed by atoms with Crippen LogP contribution in [0.2, 0.25) is 0 Å². The van der Waals surface area contributed by atoms with Gasteiger partial charge in [0.25, 0.3) is 11.8 Å². The molecule has 0 bridgehead atoms. The van der Waals surface area contributed by atoms with Crippen LogP contribution in [0.15, 0.2) is 42.5 Å². The summed E-state index contributed by atoms with van der Waals surface area (Å²) in [6, 6.07) is 9.88. The zero-order valence-corrected chi connectivity index (χ0v) is 19.7. The van der Waals surface area contributed by atoms with Crippen LogP contribution < -0.4 is 10.6 Å². The number of esters is 1. The van der Waals surface area contributed by atoms with Gasteiger partial charge in [-0.05, 0) is 43.5 Å². The van der Waals surface area contributed by atoms with Crippen LogP contribution in [0.3, 0.4) is 0 Å². The summed E-state index contributed by atoms with van der Waals surface area (Å²) < 4.78 is 31.5. The van der Waals surface area contributed by atoms with Gasteiger partial charge >= 0.3 is 5.97 Å². The molecule has 0 saturated carbocycles. The smallest absolute Gasteiger partial charge is 0.306 e. The van der Waals surface area contributed by atoms with E-state index in [9.17, 15) is 28.0 Å². The molecule has 3 amide bonds. The topological polar surface area (TPSA) is 105 Å². The highest BCUT2D eigenvalue weighted by molar-refractivity contribution is 5.95. The minimum absolute atomic E-state index is 0.0553. The third-order valence-corrected chi connectivity index (χ3v) is 4.98. The quantitative estimate of drug-likeness (QED) is 0.352. The third kappa shape index (κ3) is 9.15. The molecule has 0 saturated heterocycles. The van der Waals surface area contributed by atoms with Crippen molar-refractivity contribution < 1.29 is 32.7 Å². The largest absolute Gasteiger partial charge is 0.456 e. The number of nitrogens with one attached hydrogen (secondary N) is 2. The van der Waals surface area contributed by atoms with Gasteiger partial charge < -0.3 is 20.3 Å².